The number of furan rings is 1. The summed E-state index contributed by atoms with van der Waals surface area (Å²) in [5, 5.41) is 3.97. The summed E-state index contributed by atoms with van der Waals surface area (Å²) in [5.74, 6) is -0.578. The van der Waals surface area contributed by atoms with Crippen LogP contribution in [-0.4, -0.2) is 5.91 Å². The van der Waals surface area contributed by atoms with Gasteiger partial charge in [0.25, 0.3) is 0 Å². The van der Waals surface area contributed by atoms with Gasteiger partial charge in [-0.15, -0.1) is 0 Å². The van der Waals surface area contributed by atoms with Gasteiger partial charge in [-0.25, -0.2) is 4.79 Å². The molecule has 0 saturated carbocycles. The fourth-order valence-electron chi connectivity index (χ4n) is 3.57. The molecule has 166 valence electrons. The summed E-state index contributed by atoms with van der Waals surface area (Å²) in [6.45, 7) is 3.66. The highest BCUT2D eigenvalue weighted by Crippen LogP contribution is 2.34. The SMILES string of the molecule is Cc1coc2cc3oc(=O)c(CCC(=O)Nc4cc(C(F)(F)F)ccc4Cl)c(C)c3cc12. The summed E-state index contributed by atoms with van der Waals surface area (Å²) in [6, 6.07) is 6.20. The van der Waals surface area contributed by atoms with E-state index in [0.29, 0.717) is 22.3 Å². The van der Waals surface area contributed by atoms with Crippen molar-refractivity contribution >= 4 is 45.1 Å². The molecule has 0 radical (unpaired) electrons. The van der Waals surface area contributed by atoms with Gasteiger partial charge in [-0.3, -0.25) is 4.79 Å². The zero-order valence-electron chi connectivity index (χ0n) is 17.0. The molecule has 1 amide bonds. The van der Waals surface area contributed by atoms with Crippen LogP contribution in [0.3, 0.4) is 0 Å². The van der Waals surface area contributed by atoms with Crippen molar-refractivity contribution in [3.63, 3.8) is 0 Å². The van der Waals surface area contributed by atoms with Crippen LogP contribution in [0.4, 0.5) is 18.9 Å². The predicted molar refractivity (Wildman–Crippen MR) is 115 cm³/mol. The summed E-state index contributed by atoms with van der Waals surface area (Å²) in [5.41, 5.74) is 1.25. The summed E-state index contributed by atoms with van der Waals surface area (Å²) in [7, 11) is 0. The Bertz CT molecular complexity index is 1420. The maximum absolute atomic E-state index is 12.9. The molecule has 0 atom stereocenters. The lowest BCUT2D eigenvalue weighted by Crippen LogP contribution is -2.17. The maximum Gasteiger partial charge on any atom is 0.416 e. The summed E-state index contributed by atoms with van der Waals surface area (Å²) >= 11 is 5.92. The van der Waals surface area contributed by atoms with Crippen LogP contribution in [0.1, 0.15) is 28.7 Å². The Labute approximate surface area is 184 Å². The molecule has 5 nitrogen and oxygen atoms in total. The molecular formula is C23H17ClF3NO4. The van der Waals surface area contributed by atoms with E-state index in [0.717, 1.165) is 34.5 Å². The highest BCUT2D eigenvalue weighted by atomic mass is 35.5. The lowest BCUT2D eigenvalue weighted by atomic mass is 10.0. The van der Waals surface area contributed by atoms with Crippen molar-refractivity contribution in [3.8, 4) is 0 Å². The highest BCUT2D eigenvalue weighted by molar-refractivity contribution is 6.33. The van der Waals surface area contributed by atoms with Crippen LogP contribution < -0.4 is 10.9 Å². The van der Waals surface area contributed by atoms with Gasteiger partial charge in [0.1, 0.15) is 11.2 Å². The first kappa shape index (κ1) is 22.0. The molecule has 0 bridgehead atoms. The molecular weight excluding hydrogens is 447 g/mol. The van der Waals surface area contributed by atoms with Gasteiger partial charge < -0.3 is 14.2 Å². The average molecular weight is 464 g/mol. The van der Waals surface area contributed by atoms with Crippen molar-refractivity contribution in [2.45, 2.75) is 32.9 Å². The normalized spacial score (nSPS) is 11.9. The van der Waals surface area contributed by atoms with E-state index >= 15 is 0 Å². The number of nitrogens with one attached hydrogen (secondary N) is 1. The van der Waals surface area contributed by atoms with E-state index in [2.05, 4.69) is 5.32 Å². The summed E-state index contributed by atoms with van der Waals surface area (Å²) < 4.78 is 49.6. The zero-order chi connectivity index (χ0) is 23.2. The number of halogens is 4. The van der Waals surface area contributed by atoms with Gasteiger partial charge in [0.2, 0.25) is 5.91 Å². The van der Waals surface area contributed by atoms with Gasteiger partial charge in [-0.05, 0) is 55.7 Å². The summed E-state index contributed by atoms with van der Waals surface area (Å²) in [4.78, 5) is 24.9. The number of aryl methyl sites for hydroxylation is 2. The number of fused-ring (bicyclic) bond motifs is 2. The third-order valence-electron chi connectivity index (χ3n) is 5.34. The quantitative estimate of drug-likeness (QED) is 0.355. The molecule has 2 aromatic heterocycles. The minimum absolute atomic E-state index is 0.0211. The van der Waals surface area contributed by atoms with E-state index in [1.165, 1.54) is 0 Å². The monoisotopic (exact) mass is 463 g/mol. The molecule has 0 saturated heterocycles. The van der Waals surface area contributed by atoms with Crippen molar-refractivity contribution in [1.82, 2.24) is 0 Å². The lowest BCUT2D eigenvalue weighted by Gasteiger charge is -2.12. The van der Waals surface area contributed by atoms with Crippen LogP contribution >= 0.6 is 11.6 Å². The minimum Gasteiger partial charge on any atom is -0.464 e. The van der Waals surface area contributed by atoms with Crippen LogP contribution in [0, 0.1) is 13.8 Å². The molecule has 2 heterocycles. The van der Waals surface area contributed by atoms with Gasteiger partial charge in [0.05, 0.1) is 22.5 Å². The largest absolute Gasteiger partial charge is 0.464 e. The molecule has 0 unspecified atom stereocenters. The third kappa shape index (κ3) is 4.10. The van der Waals surface area contributed by atoms with Crippen molar-refractivity contribution in [2.75, 3.05) is 5.32 Å². The van der Waals surface area contributed by atoms with Crippen LogP contribution in [-0.2, 0) is 17.4 Å². The molecule has 9 heteroatoms. The first-order valence-electron chi connectivity index (χ1n) is 9.65. The Morgan fingerprint density at radius 1 is 1.09 bits per heavy atom. The number of carbonyl (C=O) groups is 1. The van der Waals surface area contributed by atoms with Crippen LogP contribution in [0.5, 0.6) is 0 Å². The number of hydrogen-bond acceptors (Lipinski definition) is 4. The number of carbonyl (C=O) groups excluding carboxylic acids is 1. The summed E-state index contributed by atoms with van der Waals surface area (Å²) in [6.07, 6.45) is -3.04. The molecule has 1 N–H and O–H groups in total. The van der Waals surface area contributed by atoms with Crippen LogP contribution in [0.25, 0.3) is 21.9 Å². The first-order chi connectivity index (χ1) is 15.0. The Morgan fingerprint density at radius 3 is 2.56 bits per heavy atom. The molecule has 32 heavy (non-hydrogen) atoms. The Balaban J connectivity index is 1.58. The number of amides is 1. The number of hydrogen-bond donors (Lipinski definition) is 1. The molecule has 0 fully saturated rings. The molecule has 2 aromatic carbocycles. The number of alkyl halides is 3. The Kier molecular flexibility index (Phi) is 5.50. The smallest absolute Gasteiger partial charge is 0.416 e. The second-order valence-electron chi connectivity index (χ2n) is 7.50. The number of anilines is 1. The topological polar surface area (TPSA) is 72.5 Å². The molecule has 0 aliphatic carbocycles. The van der Waals surface area contributed by atoms with E-state index in [9.17, 15) is 22.8 Å². The molecule has 0 spiro atoms. The standard InChI is InChI=1S/C23H17ClF3NO4/c1-11-10-31-19-9-20-16(8-15(11)19)12(2)14(22(30)32-20)4-6-21(29)28-18-7-13(23(25,26)27)3-5-17(18)24/h3,5,7-10H,4,6H2,1-2H3,(H,28,29). The van der Waals surface area contributed by atoms with Gasteiger partial charge in [-0.2, -0.15) is 13.2 Å². The van der Waals surface area contributed by atoms with Crippen molar-refractivity contribution in [3.05, 3.63) is 74.3 Å². The van der Waals surface area contributed by atoms with Crippen molar-refractivity contribution in [2.24, 2.45) is 0 Å². The predicted octanol–water partition coefficient (Wildman–Crippen LogP) is 6.40. The molecule has 0 aliphatic heterocycles. The van der Waals surface area contributed by atoms with Crippen molar-refractivity contribution < 1.29 is 26.8 Å². The van der Waals surface area contributed by atoms with Crippen molar-refractivity contribution in [1.29, 1.82) is 0 Å². The van der Waals surface area contributed by atoms with Gasteiger partial charge >= 0.3 is 11.8 Å². The number of rotatable bonds is 4. The van der Waals surface area contributed by atoms with E-state index in [4.69, 9.17) is 20.4 Å². The van der Waals surface area contributed by atoms with E-state index in [1.54, 1.807) is 19.3 Å². The van der Waals surface area contributed by atoms with E-state index in [-0.39, 0.29) is 23.6 Å². The van der Waals surface area contributed by atoms with Gasteiger partial charge in [0.15, 0.2) is 0 Å². The van der Waals surface area contributed by atoms with E-state index < -0.39 is 23.3 Å². The Hall–Kier alpha value is -3.26. The van der Waals surface area contributed by atoms with Crippen LogP contribution in [0.15, 0.2) is 50.2 Å². The third-order valence-corrected chi connectivity index (χ3v) is 5.67. The minimum atomic E-state index is -4.57. The first-order valence-corrected chi connectivity index (χ1v) is 10.0. The van der Waals surface area contributed by atoms with Gasteiger partial charge in [-0.1, -0.05) is 11.6 Å². The second kappa shape index (κ2) is 8.02. The van der Waals surface area contributed by atoms with Gasteiger partial charge in [0, 0.05) is 28.8 Å². The average Bonchev–Trinajstić information content (AvgIpc) is 3.07. The highest BCUT2D eigenvalue weighted by Gasteiger charge is 2.31. The van der Waals surface area contributed by atoms with Crippen LogP contribution in [0.2, 0.25) is 5.02 Å². The maximum atomic E-state index is 12.9. The van der Waals surface area contributed by atoms with E-state index in [1.807, 2.05) is 13.0 Å². The lowest BCUT2D eigenvalue weighted by molar-refractivity contribution is -0.137. The fraction of sp³-hybridized carbons (Fsp3) is 0.217. The number of benzene rings is 2. The molecule has 4 rings (SSSR count). The Morgan fingerprint density at radius 2 is 1.84 bits per heavy atom. The zero-order valence-corrected chi connectivity index (χ0v) is 17.8. The molecule has 4 aromatic rings. The molecule has 0 aliphatic rings. The fourth-order valence-corrected chi connectivity index (χ4v) is 3.74. The second-order valence-corrected chi connectivity index (χ2v) is 7.90.